The van der Waals surface area contributed by atoms with Crippen LogP contribution in [0.25, 0.3) is 0 Å². The minimum Gasteiger partial charge on any atom is -0.387 e. The van der Waals surface area contributed by atoms with Gasteiger partial charge in [0.25, 0.3) is 0 Å². The lowest BCUT2D eigenvalue weighted by Crippen LogP contribution is -2.03. The lowest BCUT2D eigenvalue weighted by Gasteiger charge is -2.00. The molecule has 0 aliphatic heterocycles. The van der Waals surface area contributed by atoms with Gasteiger partial charge in [-0.25, -0.2) is 0 Å². The van der Waals surface area contributed by atoms with E-state index in [9.17, 15) is 0 Å². The standard InChI is InChI=1S/C15H23N/c1-2-3-4-5-6-10-13-16-14-15-11-8-7-9-12-15/h7-13,16H,2-6,14H2,1H3/b13-10+. The quantitative estimate of drug-likeness (QED) is 0.641. The highest BCUT2D eigenvalue weighted by Crippen LogP contribution is 2.02. The van der Waals surface area contributed by atoms with Crippen molar-refractivity contribution in [3.05, 3.63) is 48.2 Å². The van der Waals surface area contributed by atoms with E-state index in [0.29, 0.717) is 0 Å². The van der Waals surface area contributed by atoms with Gasteiger partial charge in [-0.15, -0.1) is 0 Å². The van der Waals surface area contributed by atoms with Crippen LogP contribution in [0, 0.1) is 0 Å². The van der Waals surface area contributed by atoms with Gasteiger partial charge in [0.15, 0.2) is 0 Å². The number of rotatable bonds is 8. The van der Waals surface area contributed by atoms with Crippen molar-refractivity contribution in [3.8, 4) is 0 Å². The van der Waals surface area contributed by atoms with Gasteiger partial charge in [-0.2, -0.15) is 0 Å². The molecule has 0 fully saturated rings. The molecule has 1 rings (SSSR count). The van der Waals surface area contributed by atoms with E-state index in [0.717, 1.165) is 6.54 Å². The first-order chi connectivity index (χ1) is 7.93. The first-order valence-corrected chi connectivity index (χ1v) is 6.36. The zero-order valence-electron chi connectivity index (χ0n) is 10.3. The molecule has 1 nitrogen and oxygen atoms in total. The van der Waals surface area contributed by atoms with Crippen molar-refractivity contribution in [2.24, 2.45) is 0 Å². The zero-order valence-corrected chi connectivity index (χ0v) is 10.3. The maximum absolute atomic E-state index is 3.31. The van der Waals surface area contributed by atoms with Gasteiger partial charge in [-0.05, 0) is 24.6 Å². The molecule has 0 aliphatic rings. The number of benzene rings is 1. The molecule has 1 aromatic rings. The second-order valence-corrected chi connectivity index (χ2v) is 4.12. The van der Waals surface area contributed by atoms with Gasteiger partial charge in [-0.3, -0.25) is 0 Å². The molecule has 0 saturated heterocycles. The van der Waals surface area contributed by atoms with Crippen molar-refractivity contribution in [1.29, 1.82) is 0 Å². The van der Waals surface area contributed by atoms with Gasteiger partial charge in [0.2, 0.25) is 0 Å². The van der Waals surface area contributed by atoms with E-state index in [4.69, 9.17) is 0 Å². The summed E-state index contributed by atoms with van der Waals surface area (Å²) in [5.74, 6) is 0. The van der Waals surface area contributed by atoms with Crippen molar-refractivity contribution >= 4 is 0 Å². The van der Waals surface area contributed by atoms with E-state index in [1.165, 1.54) is 37.7 Å². The van der Waals surface area contributed by atoms with E-state index in [1.54, 1.807) is 0 Å². The number of allylic oxidation sites excluding steroid dienone is 1. The Morgan fingerprint density at radius 3 is 2.62 bits per heavy atom. The van der Waals surface area contributed by atoms with E-state index < -0.39 is 0 Å². The van der Waals surface area contributed by atoms with Crippen molar-refractivity contribution in [3.63, 3.8) is 0 Å². The average Bonchev–Trinajstić information content (AvgIpc) is 2.34. The van der Waals surface area contributed by atoms with Gasteiger partial charge in [-0.1, -0.05) is 62.6 Å². The van der Waals surface area contributed by atoms with Crippen LogP contribution in [0.15, 0.2) is 42.6 Å². The van der Waals surface area contributed by atoms with Crippen LogP contribution in [-0.2, 0) is 6.54 Å². The second kappa shape index (κ2) is 9.02. The number of nitrogens with one attached hydrogen (secondary N) is 1. The fourth-order valence-corrected chi connectivity index (χ4v) is 1.63. The maximum atomic E-state index is 3.31. The molecule has 1 N–H and O–H groups in total. The Morgan fingerprint density at radius 2 is 1.88 bits per heavy atom. The molecule has 0 amide bonds. The molecule has 0 aromatic heterocycles. The number of hydrogen-bond acceptors (Lipinski definition) is 1. The minimum atomic E-state index is 0.923. The Kier molecular flexibility index (Phi) is 7.23. The molecule has 0 bridgehead atoms. The Morgan fingerprint density at radius 1 is 1.06 bits per heavy atom. The lowest BCUT2D eigenvalue weighted by molar-refractivity contribution is 0.673. The summed E-state index contributed by atoms with van der Waals surface area (Å²) >= 11 is 0. The monoisotopic (exact) mass is 217 g/mol. The van der Waals surface area contributed by atoms with Crippen LogP contribution in [0.3, 0.4) is 0 Å². The molecule has 1 heteroatoms. The van der Waals surface area contributed by atoms with Gasteiger partial charge < -0.3 is 5.32 Å². The van der Waals surface area contributed by atoms with Gasteiger partial charge >= 0.3 is 0 Å². The predicted molar refractivity (Wildman–Crippen MR) is 71.2 cm³/mol. The summed E-state index contributed by atoms with van der Waals surface area (Å²) in [6.45, 7) is 3.17. The molecular weight excluding hydrogens is 194 g/mol. The molecule has 16 heavy (non-hydrogen) atoms. The fraction of sp³-hybridized carbons (Fsp3) is 0.467. The SMILES string of the molecule is CCCCCC/C=C/NCc1ccccc1. The van der Waals surface area contributed by atoms with Crippen LogP contribution in [0.2, 0.25) is 0 Å². The molecule has 0 heterocycles. The summed E-state index contributed by atoms with van der Waals surface area (Å²) < 4.78 is 0. The molecule has 0 saturated carbocycles. The van der Waals surface area contributed by atoms with Crippen LogP contribution in [-0.4, -0.2) is 0 Å². The Bertz CT molecular complexity index is 277. The van der Waals surface area contributed by atoms with Crippen LogP contribution in [0.5, 0.6) is 0 Å². The van der Waals surface area contributed by atoms with Gasteiger partial charge in [0.1, 0.15) is 0 Å². The van der Waals surface area contributed by atoms with Crippen molar-refractivity contribution in [2.45, 2.75) is 45.6 Å². The Balaban J connectivity index is 2.00. The number of unbranched alkanes of at least 4 members (excludes halogenated alkanes) is 4. The topological polar surface area (TPSA) is 12.0 Å². The largest absolute Gasteiger partial charge is 0.387 e. The van der Waals surface area contributed by atoms with Crippen LogP contribution >= 0.6 is 0 Å². The molecule has 0 spiro atoms. The summed E-state index contributed by atoms with van der Waals surface area (Å²) in [6, 6.07) is 10.5. The molecule has 1 aromatic carbocycles. The summed E-state index contributed by atoms with van der Waals surface area (Å²) in [5.41, 5.74) is 1.33. The Hall–Kier alpha value is -1.24. The first-order valence-electron chi connectivity index (χ1n) is 6.36. The van der Waals surface area contributed by atoms with Gasteiger partial charge in [0.05, 0.1) is 0 Å². The van der Waals surface area contributed by atoms with E-state index in [-0.39, 0.29) is 0 Å². The molecule has 0 radical (unpaired) electrons. The average molecular weight is 217 g/mol. The number of hydrogen-bond donors (Lipinski definition) is 1. The summed E-state index contributed by atoms with van der Waals surface area (Å²) in [7, 11) is 0. The second-order valence-electron chi connectivity index (χ2n) is 4.12. The lowest BCUT2D eigenvalue weighted by atomic mass is 10.1. The summed E-state index contributed by atoms with van der Waals surface area (Å²) in [4.78, 5) is 0. The van der Waals surface area contributed by atoms with Crippen LogP contribution in [0.4, 0.5) is 0 Å². The third-order valence-corrected chi connectivity index (χ3v) is 2.61. The highest BCUT2D eigenvalue weighted by atomic mass is 14.8. The van der Waals surface area contributed by atoms with Crippen LogP contribution < -0.4 is 5.32 Å². The van der Waals surface area contributed by atoms with Crippen molar-refractivity contribution < 1.29 is 0 Å². The smallest absolute Gasteiger partial charge is 0.0395 e. The normalized spacial score (nSPS) is 10.8. The third-order valence-electron chi connectivity index (χ3n) is 2.61. The van der Waals surface area contributed by atoms with Crippen LogP contribution in [0.1, 0.15) is 44.6 Å². The fourth-order valence-electron chi connectivity index (χ4n) is 1.63. The molecule has 0 unspecified atom stereocenters. The predicted octanol–water partition coefficient (Wildman–Crippen LogP) is 4.26. The van der Waals surface area contributed by atoms with Crippen molar-refractivity contribution in [1.82, 2.24) is 5.32 Å². The summed E-state index contributed by atoms with van der Waals surface area (Å²) in [5, 5.41) is 3.31. The Labute approximate surface area is 99.6 Å². The summed E-state index contributed by atoms with van der Waals surface area (Å²) in [6.07, 6.45) is 10.9. The van der Waals surface area contributed by atoms with E-state index >= 15 is 0 Å². The molecule has 88 valence electrons. The molecular formula is C15H23N. The van der Waals surface area contributed by atoms with E-state index in [2.05, 4.69) is 48.8 Å². The zero-order chi connectivity index (χ0) is 11.5. The van der Waals surface area contributed by atoms with Crippen molar-refractivity contribution in [2.75, 3.05) is 0 Å². The van der Waals surface area contributed by atoms with Gasteiger partial charge in [0, 0.05) is 6.54 Å². The molecule has 0 aliphatic carbocycles. The minimum absolute atomic E-state index is 0.923. The van der Waals surface area contributed by atoms with E-state index in [1.807, 2.05) is 6.07 Å². The molecule has 0 atom stereocenters. The highest BCUT2D eigenvalue weighted by Gasteiger charge is 1.87. The maximum Gasteiger partial charge on any atom is 0.0395 e. The first kappa shape index (κ1) is 12.8. The third kappa shape index (κ3) is 6.28. The highest BCUT2D eigenvalue weighted by molar-refractivity contribution is 5.14.